The van der Waals surface area contributed by atoms with Crippen LogP contribution in [0.5, 0.6) is 0 Å². The number of thiol groups is 1. The van der Waals surface area contributed by atoms with E-state index >= 15 is 0 Å². The number of ether oxygens (including phenoxy) is 1. The van der Waals surface area contributed by atoms with Crippen LogP contribution < -0.4 is 0 Å². The van der Waals surface area contributed by atoms with Gasteiger partial charge in [0.15, 0.2) is 0 Å². The van der Waals surface area contributed by atoms with Crippen molar-refractivity contribution >= 4 is 30.2 Å². The van der Waals surface area contributed by atoms with E-state index in [4.69, 9.17) is 16.9 Å². The van der Waals surface area contributed by atoms with Crippen molar-refractivity contribution in [2.75, 3.05) is 7.11 Å². The molecule has 0 aliphatic rings. The van der Waals surface area contributed by atoms with E-state index in [0.29, 0.717) is 4.90 Å². The number of carbonyl (C=O) groups excluding carboxylic acids is 1. The normalized spacial score (nSPS) is 9.47. The minimum Gasteiger partial charge on any atom is -0.465 e. The fourth-order valence-corrected chi connectivity index (χ4v) is 1.70. The molecule has 15 heavy (non-hydrogen) atoms. The molecule has 0 saturated heterocycles. The van der Waals surface area contributed by atoms with Crippen molar-refractivity contribution in [2.24, 2.45) is 0 Å². The van der Waals surface area contributed by atoms with Crippen molar-refractivity contribution in [1.29, 1.82) is 5.26 Å². The Balaban J connectivity index is 3.39. The zero-order valence-corrected chi connectivity index (χ0v) is 9.60. The van der Waals surface area contributed by atoms with Crippen molar-refractivity contribution in [1.82, 2.24) is 0 Å². The summed E-state index contributed by atoms with van der Waals surface area (Å²) in [7, 11) is 1.26. The SMILES string of the molecule is COC(=O)c1c(S)cc(CCl)cc1C#N. The molecule has 0 fully saturated rings. The summed E-state index contributed by atoms with van der Waals surface area (Å²) in [4.78, 5) is 11.8. The van der Waals surface area contributed by atoms with Crippen LogP contribution in [0.3, 0.4) is 0 Å². The third-order valence-electron chi connectivity index (χ3n) is 1.84. The lowest BCUT2D eigenvalue weighted by atomic mass is 10.1. The summed E-state index contributed by atoms with van der Waals surface area (Å²) in [5.74, 6) is -0.304. The summed E-state index contributed by atoms with van der Waals surface area (Å²) in [6.45, 7) is 0. The van der Waals surface area contributed by atoms with Crippen molar-refractivity contribution in [3.63, 3.8) is 0 Å². The van der Waals surface area contributed by atoms with Gasteiger partial charge in [0.1, 0.15) is 6.07 Å². The van der Waals surface area contributed by atoms with Crippen molar-refractivity contribution < 1.29 is 9.53 Å². The topological polar surface area (TPSA) is 50.1 Å². The van der Waals surface area contributed by atoms with Gasteiger partial charge in [-0.05, 0) is 17.7 Å². The maximum atomic E-state index is 11.4. The number of benzene rings is 1. The van der Waals surface area contributed by atoms with Crippen LogP contribution in [0.1, 0.15) is 21.5 Å². The van der Waals surface area contributed by atoms with E-state index in [1.54, 1.807) is 12.1 Å². The molecule has 78 valence electrons. The molecular formula is C10H8ClNO2S. The first kappa shape index (κ1) is 11.9. The highest BCUT2D eigenvalue weighted by atomic mass is 35.5. The van der Waals surface area contributed by atoms with Crippen LogP contribution in [0.25, 0.3) is 0 Å². The second-order valence-electron chi connectivity index (χ2n) is 2.77. The van der Waals surface area contributed by atoms with Crippen molar-refractivity contribution in [2.45, 2.75) is 10.8 Å². The third-order valence-corrected chi connectivity index (χ3v) is 2.50. The van der Waals surface area contributed by atoms with Gasteiger partial charge in [0.25, 0.3) is 0 Å². The second-order valence-corrected chi connectivity index (χ2v) is 3.52. The Hall–Kier alpha value is -1.18. The van der Waals surface area contributed by atoms with E-state index < -0.39 is 5.97 Å². The molecule has 0 radical (unpaired) electrons. The van der Waals surface area contributed by atoms with E-state index in [1.165, 1.54) is 7.11 Å². The van der Waals surface area contributed by atoms with E-state index in [0.717, 1.165) is 5.56 Å². The Morgan fingerprint density at radius 2 is 2.33 bits per heavy atom. The average Bonchev–Trinajstić information content (AvgIpc) is 2.26. The highest BCUT2D eigenvalue weighted by Gasteiger charge is 2.16. The first-order chi connectivity index (χ1) is 7.13. The Morgan fingerprint density at radius 3 is 2.80 bits per heavy atom. The van der Waals surface area contributed by atoms with Gasteiger partial charge in [-0.1, -0.05) is 0 Å². The van der Waals surface area contributed by atoms with Crippen LogP contribution in [0.4, 0.5) is 0 Å². The molecule has 0 unspecified atom stereocenters. The molecule has 0 N–H and O–H groups in total. The van der Waals surface area contributed by atoms with E-state index in [-0.39, 0.29) is 17.0 Å². The number of carbonyl (C=O) groups is 1. The number of hydrogen-bond acceptors (Lipinski definition) is 4. The molecule has 0 atom stereocenters. The Labute approximate surface area is 98.0 Å². The van der Waals surface area contributed by atoms with Gasteiger partial charge in [-0.2, -0.15) is 5.26 Å². The van der Waals surface area contributed by atoms with E-state index in [1.807, 2.05) is 6.07 Å². The van der Waals surface area contributed by atoms with Gasteiger partial charge in [-0.3, -0.25) is 0 Å². The summed E-state index contributed by atoms with van der Waals surface area (Å²) in [6, 6.07) is 5.11. The second kappa shape index (κ2) is 5.06. The molecule has 0 aliphatic carbocycles. The highest BCUT2D eigenvalue weighted by Crippen LogP contribution is 2.22. The fraction of sp³-hybridized carbons (Fsp3) is 0.200. The highest BCUT2D eigenvalue weighted by molar-refractivity contribution is 7.80. The lowest BCUT2D eigenvalue weighted by Crippen LogP contribution is -2.06. The molecule has 0 spiro atoms. The van der Waals surface area contributed by atoms with Gasteiger partial charge < -0.3 is 4.74 Å². The number of nitriles is 1. The van der Waals surface area contributed by atoms with Crippen molar-refractivity contribution in [3.05, 3.63) is 28.8 Å². The lowest BCUT2D eigenvalue weighted by Gasteiger charge is -2.07. The van der Waals surface area contributed by atoms with E-state index in [2.05, 4.69) is 17.4 Å². The fourth-order valence-electron chi connectivity index (χ4n) is 1.17. The zero-order chi connectivity index (χ0) is 11.4. The molecule has 0 aliphatic heterocycles. The zero-order valence-electron chi connectivity index (χ0n) is 7.95. The molecule has 5 heteroatoms. The van der Waals surface area contributed by atoms with Gasteiger partial charge >= 0.3 is 5.97 Å². The van der Waals surface area contributed by atoms with Crippen LogP contribution in [-0.4, -0.2) is 13.1 Å². The molecule has 0 saturated carbocycles. The first-order valence-electron chi connectivity index (χ1n) is 4.04. The smallest absolute Gasteiger partial charge is 0.340 e. The third kappa shape index (κ3) is 2.44. The van der Waals surface area contributed by atoms with Crippen molar-refractivity contribution in [3.8, 4) is 6.07 Å². The molecule has 0 heterocycles. The Morgan fingerprint density at radius 1 is 1.67 bits per heavy atom. The molecule has 1 rings (SSSR count). The Bertz CT molecular complexity index is 440. The summed E-state index contributed by atoms with van der Waals surface area (Å²) >= 11 is 9.76. The Kier molecular flexibility index (Phi) is 4.01. The maximum absolute atomic E-state index is 11.4. The molecule has 0 aromatic heterocycles. The van der Waals surface area contributed by atoms with E-state index in [9.17, 15) is 4.79 Å². The number of hydrogen-bond donors (Lipinski definition) is 1. The summed E-state index contributed by atoms with van der Waals surface area (Å²) in [5, 5.41) is 8.87. The van der Waals surface area contributed by atoms with Crippen LogP contribution in [-0.2, 0) is 10.6 Å². The predicted octanol–water partition coefficient (Wildman–Crippen LogP) is 2.37. The molecule has 0 amide bonds. The number of methoxy groups -OCH3 is 1. The average molecular weight is 242 g/mol. The standard InChI is InChI=1S/C10H8ClNO2S/c1-14-10(13)9-7(5-12)2-6(4-11)3-8(9)15/h2-3,15H,4H2,1H3. The van der Waals surface area contributed by atoms with Gasteiger partial charge in [-0.25, -0.2) is 4.79 Å². The lowest BCUT2D eigenvalue weighted by molar-refractivity contribution is 0.0596. The van der Waals surface area contributed by atoms with Gasteiger partial charge in [0, 0.05) is 10.8 Å². The first-order valence-corrected chi connectivity index (χ1v) is 5.02. The van der Waals surface area contributed by atoms with Gasteiger partial charge in [0.05, 0.1) is 18.2 Å². The molecule has 1 aromatic rings. The molecule has 0 bridgehead atoms. The van der Waals surface area contributed by atoms with Crippen LogP contribution >= 0.6 is 24.2 Å². The van der Waals surface area contributed by atoms with Gasteiger partial charge in [0.2, 0.25) is 0 Å². The number of alkyl halides is 1. The van der Waals surface area contributed by atoms with Crippen LogP contribution in [0.2, 0.25) is 0 Å². The minimum atomic E-state index is -0.572. The minimum absolute atomic E-state index is 0.178. The quantitative estimate of drug-likeness (QED) is 0.491. The van der Waals surface area contributed by atoms with Crippen LogP contribution in [0, 0.1) is 11.3 Å². The number of halogens is 1. The summed E-state index contributed by atoms with van der Waals surface area (Å²) in [5.41, 5.74) is 1.15. The largest absolute Gasteiger partial charge is 0.465 e. The predicted molar refractivity (Wildman–Crippen MR) is 59.3 cm³/mol. The molecule has 1 aromatic carbocycles. The maximum Gasteiger partial charge on any atom is 0.340 e. The summed E-state index contributed by atoms with van der Waals surface area (Å²) in [6.07, 6.45) is 0. The van der Waals surface area contributed by atoms with Crippen LogP contribution in [0.15, 0.2) is 17.0 Å². The summed E-state index contributed by atoms with van der Waals surface area (Å²) < 4.78 is 4.56. The number of esters is 1. The number of nitrogens with zero attached hydrogens (tertiary/aromatic N) is 1. The molecular weight excluding hydrogens is 234 g/mol. The van der Waals surface area contributed by atoms with Gasteiger partial charge in [-0.15, -0.1) is 24.2 Å². The number of rotatable bonds is 2. The monoisotopic (exact) mass is 241 g/mol. The molecule has 3 nitrogen and oxygen atoms in total.